The highest BCUT2D eigenvalue weighted by molar-refractivity contribution is 7.90. The summed E-state index contributed by atoms with van der Waals surface area (Å²) in [5.74, 6) is 1.09. The zero-order chi connectivity index (χ0) is 34.7. The zero-order valence-corrected chi connectivity index (χ0v) is 29.1. The molecular formula is C36H41N7O5S. The van der Waals surface area contributed by atoms with Gasteiger partial charge in [0.05, 0.1) is 28.1 Å². The third kappa shape index (κ3) is 7.51. The molecule has 4 heterocycles. The summed E-state index contributed by atoms with van der Waals surface area (Å²) in [4.78, 5) is 41.0. The second-order valence-corrected chi connectivity index (χ2v) is 14.5. The SMILES string of the molecule is Cc1cc(C(=O)N2CCCCN(C(=O)c3cccc(S(C)(=O)=O)c3)CCOc3cccc(c3)-c3nccn3CCC2)c2c(C)nn(C)c2n1. The molecule has 0 N–H and O–H groups in total. The fraction of sp³-hybridized carbons (Fsp3) is 0.361. The summed E-state index contributed by atoms with van der Waals surface area (Å²) in [5, 5.41) is 5.29. The van der Waals surface area contributed by atoms with Crippen molar-refractivity contribution >= 4 is 32.7 Å². The maximum Gasteiger partial charge on any atom is 0.254 e. The Bertz CT molecular complexity index is 2120. The standard InChI is InChI=1S/C36H41N7O5S/c1-25-22-31(32-26(2)39-40(3)34(32)38-25)36(45)42-15-5-6-16-43(35(44)28-11-8-13-30(24-28)49(4,46)47)20-21-48-29-12-7-10-27(23-29)33-37-14-19-41(33)17-9-18-42/h7-8,10-14,19,22-24H,5-6,9,15-18,20-21H2,1-4H3. The van der Waals surface area contributed by atoms with E-state index in [1.54, 1.807) is 27.9 Å². The maximum absolute atomic E-state index is 14.3. The third-order valence-electron chi connectivity index (χ3n) is 8.78. The molecule has 0 atom stereocenters. The molecular weight excluding hydrogens is 643 g/mol. The minimum absolute atomic E-state index is 0.0815. The van der Waals surface area contributed by atoms with Crippen LogP contribution in [0.3, 0.4) is 0 Å². The minimum atomic E-state index is -3.49. The number of pyridine rings is 1. The average Bonchev–Trinajstić information content (AvgIpc) is 3.66. The van der Waals surface area contributed by atoms with Crippen LogP contribution in [0.25, 0.3) is 22.4 Å². The normalized spacial score (nSPS) is 15.0. The predicted octanol–water partition coefficient (Wildman–Crippen LogP) is 4.70. The Balaban J connectivity index is 1.30. The Hall–Kier alpha value is -5.04. The van der Waals surface area contributed by atoms with Crippen molar-refractivity contribution in [1.82, 2.24) is 34.1 Å². The summed E-state index contributed by atoms with van der Waals surface area (Å²) < 4.78 is 34.4. The second-order valence-electron chi connectivity index (χ2n) is 12.5. The number of hydrogen-bond acceptors (Lipinski definition) is 8. The number of carbonyl (C=O) groups excluding carboxylic acids is 2. The predicted molar refractivity (Wildman–Crippen MR) is 186 cm³/mol. The number of imidazole rings is 1. The summed E-state index contributed by atoms with van der Waals surface area (Å²) in [6.45, 7) is 6.37. The smallest absolute Gasteiger partial charge is 0.254 e. The van der Waals surface area contributed by atoms with Gasteiger partial charge in [-0.3, -0.25) is 14.3 Å². The molecule has 13 heteroatoms. The molecule has 6 rings (SSSR count). The Labute approximate surface area is 286 Å². The van der Waals surface area contributed by atoms with Crippen LogP contribution in [0.1, 0.15) is 51.4 Å². The number of fused-ring (bicyclic) bond motifs is 5. The van der Waals surface area contributed by atoms with Gasteiger partial charge in [-0.1, -0.05) is 18.2 Å². The van der Waals surface area contributed by atoms with Crippen molar-refractivity contribution < 1.29 is 22.7 Å². The van der Waals surface area contributed by atoms with E-state index < -0.39 is 9.84 Å². The van der Waals surface area contributed by atoms with Gasteiger partial charge in [-0.15, -0.1) is 0 Å². The van der Waals surface area contributed by atoms with E-state index in [2.05, 4.69) is 19.6 Å². The van der Waals surface area contributed by atoms with E-state index in [1.807, 2.05) is 62.3 Å². The van der Waals surface area contributed by atoms with Gasteiger partial charge in [-0.25, -0.2) is 18.4 Å². The summed E-state index contributed by atoms with van der Waals surface area (Å²) >= 11 is 0. The molecule has 2 bridgehead atoms. The van der Waals surface area contributed by atoms with Gasteiger partial charge in [0.25, 0.3) is 11.8 Å². The van der Waals surface area contributed by atoms with Gasteiger partial charge in [0, 0.05) is 68.7 Å². The quantitative estimate of drug-likeness (QED) is 0.268. The van der Waals surface area contributed by atoms with Crippen molar-refractivity contribution in [3.63, 3.8) is 0 Å². The first-order valence-electron chi connectivity index (χ1n) is 16.4. The van der Waals surface area contributed by atoms with Crippen molar-refractivity contribution in [2.75, 3.05) is 39.0 Å². The number of rotatable bonds is 3. The first-order valence-corrected chi connectivity index (χ1v) is 18.3. The van der Waals surface area contributed by atoms with Crippen LogP contribution in [0.4, 0.5) is 0 Å². The van der Waals surface area contributed by atoms with E-state index in [4.69, 9.17) is 4.74 Å². The molecule has 1 aliphatic rings. The number of nitrogens with zero attached hydrogens (tertiary/aromatic N) is 7. The van der Waals surface area contributed by atoms with Crippen LogP contribution in [0, 0.1) is 13.8 Å². The van der Waals surface area contributed by atoms with E-state index in [1.165, 1.54) is 12.1 Å². The fourth-order valence-electron chi connectivity index (χ4n) is 6.37. The van der Waals surface area contributed by atoms with Crippen LogP contribution >= 0.6 is 0 Å². The van der Waals surface area contributed by atoms with E-state index in [9.17, 15) is 18.0 Å². The molecule has 0 aliphatic carbocycles. The highest BCUT2D eigenvalue weighted by Crippen LogP contribution is 2.25. The van der Waals surface area contributed by atoms with Crippen LogP contribution in [0.15, 0.2) is 71.9 Å². The molecule has 0 saturated carbocycles. The van der Waals surface area contributed by atoms with Crippen LogP contribution < -0.4 is 4.74 Å². The largest absolute Gasteiger partial charge is 0.492 e. The zero-order valence-electron chi connectivity index (χ0n) is 28.3. The first kappa shape index (κ1) is 33.8. The number of sulfone groups is 1. The monoisotopic (exact) mass is 683 g/mol. The third-order valence-corrected chi connectivity index (χ3v) is 9.89. The summed E-state index contributed by atoms with van der Waals surface area (Å²) in [5.41, 5.74) is 3.94. The molecule has 1 aliphatic heterocycles. The van der Waals surface area contributed by atoms with Gasteiger partial charge < -0.3 is 19.1 Å². The summed E-state index contributed by atoms with van der Waals surface area (Å²) in [6.07, 6.45) is 6.82. The summed E-state index contributed by atoms with van der Waals surface area (Å²) in [6, 6.07) is 15.7. The average molecular weight is 684 g/mol. The Morgan fingerprint density at radius 3 is 2.37 bits per heavy atom. The van der Waals surface area contributed by atoms with Crippen LogP contribution in [-0.4, -0.2) is 93.4 Å². The van der Waals surface area contributed by atoms with Gasteiger partial charge in [0.1, 0.15) is 18.2 Å². The van der Waals surface area contributed by atoms with E-state index in [0.29, 0.717) is 68.0 Å². The van der Waals surface area contributed by atoms with Crippen molar-refractivity contribution in [3.8, 4) is 17.1 Å². The molecule has 0 saturated heterocycles. The summed E-state index contributed by atoms with van der Waals surface area (Å²) in [7, 11) is -1.66. The van der Waals surface area contributed by atoms with Crippen LogP contribution in [0.5, 0.6) is 5.75 Å². The number of aromatic nitrogens is 5. The highest BCUT2D eigenvalue weighted by atomic mass is 32.2. The number of aryl methyl sites for hydroxylation is 4. The Morgan fingerprint density at radius 2 is 1.59 bits per heavy atom. The van der Waals surface area contributed by atoms with Gasteiger partial charge >= 0.3 is 0 Å². The fourth-order valence-corrected chi connectivity index (χ4v) is 7.03. The molecule has 2 amide bonds. The van der Waals surface area contributed by atoms with Gasteiger partial charge in [-0.05, 0) is 69.5 Å². The van der Waals surface area contributed by atoms with Gasteiger partial charge in [0.2, 0.25) is 0 Å². The minimum Gasteiger partial charge on any atom is -0.492 e. The second kappa shape index (κ2) is 14.2. The molecule has 256 valence electrons. The number of ether oxygens (including phenoxy) is 1. The lowest BCUT2D eigenvalue weighted by Crippen LogP contribution is -2.37. The van der Waals surface area contributed by atoms with Gasteiger partial charge in [-0.2, -0.15) is 5.10 Å². The van der Waals surface area contributed by atoms with Crippen molar-refractivity contribution in [1.29, 1.82) is 0 Å². The molecule has 5 aromatic rings. The number of hydrogen-bond donors (Lipinski definition) is 0. The lowest BCUT2D eigenvalue weighted by molar-refractivity contribution is 0.0705. The van der Waals surface area contributed by atoms with E-state index >= 15 is 0 Å². The van der Waals surface area contributed by atoms with E-state index in [0.717, 1.165) is 34.4 Å². The molecule has 2 aromatic carbocycles. The Kier molecular flexibility index (Phi) is 9.81. The Morgan fingerprint density at radius 1 is 0.857 bits per heavy atom. The number of carbonyl (C=O) groups is 2. The molecule has 0 fully saturated rings. The first-order chi connectivity index (χ1) is 23.5. The molecule has 0 radical (unpaired) electrons. The lowest BCUT2D eigenvalue weighted by atomic mass is 10.1. The lowest BCUT2D eigenvalue weighted by Gasteiger charge is -2.26. The van der Waals surface area contributed by atoms with Crippen LogP contribution in [0.2, 0.25) is 0 Å². The van der Waals surface area contributed by atoms with Crippen molar-refractivity contribution in [2.24, 2.45) is 7.05 Å². The number of amides is 2. The molecule has 0 unspecified atom stereocenters. The van der Waals surface area contributed by atoms with Crippen LogP contribution in [-0.2, 0) is 23.4 Å². The highest BCUT2D eigenvalue weighted by Gasteiger charge is 2.24. The van der Waals surface area contributed by atoms with Crippen molar-refractivity contribution in [3.05, 3.63) is 89.5 Å². The topological polar surface area (TPSA) is 133 Å². The maximum atomic E-state index is 14.3. The number of benzene rings is 2. The van der Waals surface area contributed by atoms with Crippen molar-refractivity contribution in [2.45, 2.75) is 44.6 Å². The molecule has 12 nitrogen and oxygen atoms in total. The molecule has 3 aromatic heterocycles. The van der Waals surface area contributed by atoms with E-state index in [-0.39, 0.29) is 29.9 Å². The molecule has 0 spiro atoms. The van der Waals surface area contributed by atoms with Gasteiger partial charge in [0.15, 0.2) is 15.5 Å². The molecule has 49 heavy (non-hydrogen) atoms.